The van der Waals surface area contributed by atoms with Crippen molar-refractivity contribution in [2.45, 2.75) is 26.7 Å². The molecule has 0 bridgehead atoms. The van der Waals surface area contributed by atoms with Gasteiger partial charge in [-0.2, -0.15) is 0 Å². The van der Waals surface area contributed by atoms with Crippen molar-refractivity contribution in [3.63, 3.8) is 0 Å². The number of ether oxygens (including phenoxy) is 1. The van der Waals surface area contributed by atoms with Crippen LogP contribution in [0.5, 0.6) is 0 Å². The molecule has 2 N–H and O–H groups in total. The van der Waals surface area contributed by atoms with Gasteiger partial charge in [-0.1, -0.05) is 13.8 Å². The van der Waals surface area contributed by atoms with Crippen LogP contribution < -0.4 is 10.6 Å². The summed E-state index contributed by atoms with van der Waals surface area (Å²) < 4.78 is 5.05. The average Bonchev–Trinajstić information content (AvgIpc) is 2.22. The van der Waals surface area contributed by atoms with Crippen LogP contribution in [0.25, 0.3) is 0 Å². The van der Waals surface area contributed by atoms with Gasteiger partial charge >= 0.3 is 0 Å². The first kappa shape index (κ1) is 12.9. The molecule has 5 nitrogen and oxygen atoms in total. The van der Waals surface area contributed by atoms with Crippen molar-refractivity contribution in [1.29, 1.82) is 0 Å². The first-order valence-corrected chi connectivity index (χ1v) is 4.81. The molecule has 0 rings (SSSR count). The third-order valence-corrected chi connectivity index (χ3v) is 1.58. The van der Waals surface area contributed by atoms with E-state index in [4.69, 9.17) is 4.74 Å². The monoisotopic (exact) mass is 202 g/mol. The fourth-order valence-electron chi connectivity index (χ4n) is 0.716. The Hall–Kier alpha value is -1.10. The lowest BCUT2D eigenvalue weighted by Crippen LogP contribution is -2.30. The second-order valence-corrected chi connectivity index (χ2v) is 2.71. The fourth-order valence-corrected chi connectivity index (χ4v) is 0.716. The van der Waals surface area contributed by atoms with Gasteiger partial charge in [-0.25, -0.2) is 0 Å². The highest BCUT2D eigenvalue weighted by Gasteiger charge is 1.96. The fraction of sp³-hybridized carbons (Fsp3) is 0.778. The maximum atomic E-state index is 10.8. The van der Waals surface area contributed by atoms with E-state index in [1.807, 2.05) is 0 Å². The van der Waals surface area contributed by atoms with Crippen LogP contribution in [0.3, 0.4) is 0 Å². The number of nitrogens with one attached hydrogen (secondary N) is 2. The zero-order chi connectivity index (χ0) is 10.8. The molecule has 0 aliphatic heterocycles. The predicted molar refractivity (Wildman–Crippen MR) is 52.6 cm³/mol. The zero-order valence-corrected chi connectivity index (χ0v) is 8.76. The van der Waals surface area contributed by atoms with Crippen molar-refractivity contribution in [2.75, 3.05) is 19.9 Å². The summed E-state index contributed by atoms with van der Waals surface area (Å²) >= 11 is 0. The van der Waals surface area contributed by atoms with Gasteiger partial charge in [0.25, 0.3) is 0 Å². The Morgan fingerprint density at radius 2 is 1.64 bits per heavy atom. The molecule has 0 aliphatic carbocycles. The van der Waals surface area contributed by atoms with E-state index in [1.54, 1.807) is 13.8 Å². The summed E-state index contributed by atoms with van der Waals surface area (Å²) in [6, 6.07) is 0. The van der Waals surface area contributed by atoms with Crippen molar-refractivity contribution in [1.82, 2.24) is 10.6 Å². The Balaban J connectivity index is 3.14. The smallest absolute Gasteiger partial charge is 0.221 e. The molecule has 0 radical (unpaired) electrons. The largest absolute Gasteiger partial charge is 0.359 e. The van der Waals surface area contributed by atoms with Gasteiger partial charge in [0.15, 0.2) is 0 Å². The van der Waals surface area contributed by atoms with E-state index in [2.05, 4.69) is 10.6 Å². The molecular weight excluding hydrogens is 184 g/mol. The molecule has 2 amide bonds. The summed E-state index contributed by atoms with van der Waals surface area (Å²) in [5.74, 6) is -0.0335. The minimum atomic E-state index is -0.0393. The maximum absolute atomic E-state index is 10.8. The van der Waals surface area contributed by atoms with Gasteiger partial charge in [-0.3, -0.25) is 9.59 Å². The molecule has 0 atom stereocenters. The molecule has 0 aromatic rings. The van der Waals surface area contributed by atoms with Crippen molar-refractivity contribution < 1.29 is 14.3 Å². The van der Waals surface area contributed by atoms with Gasteiger partial charge in [0.2, 0.25) is 11.8 Å². The topological polar surface area (TPSA) is 67.4 Å². The van der Waals surface area contributed by atoms with E-state index in [-0.39, 0.29) is 18.5 Å². The maximum Gasteiger partial charge on any atom is 0.221 e. The van der Waals surface area contributed by atoms with Gasteiger partial charge in [0, 0.05) is 19.4 Å². The lowest BCUT2D eigenvalue weighted by molar-refractivity contribution is -0.123. The predicted octanol–water partition coefficient (Wildman–Crippen LogP) is 0.0129. The van der Waals surface area contributed by atoms with Crippen LogP contribution in [0.1, 0.15) is 26.7 Å². The van der Waals surface area contributed by atoms with Gasteiger partial charge in [-0.15, -0.1) is 0 Å². The third kappa shape index (κ3) is 7.54. The average molecular weight is 202 g/mol. The van der Waals surface area contributed by atoms with Crippen molar-refractivity contribution in [3.05, 3.63) is 0 Å². The van der Waals surface area contributed by atoms with Gasteiger partial charge in [0.1, 0.15) is 6.73 Å². The summed E-state index contributed by atoms with van der Waals surface area (Å²) in [6.45, 7) is 4.66. The molecular formula is C9H18N2O3. The van der Waals surface area contributed by atoms with E-state index < -0.39 is 0 Å². The standard InChI is InChI=1S/C9H18N2O3/c1-3-8(12)10-5-6-14-7-11-9(13)4-2/h3-7H2,1-2H3,(H,10,12)(H,11,13). The number of carbonyl (C=O) groups excluding carboxylic acids is 2. The molecule has 0 aromatic heterocycles. The second-order valence-electron chi connectivity index (χ2n) is 2.71. The normalized spacial score (nSPS) is 9.57. The van der Waals surface area contributed by atoms with Crippen LogP contribution in [0.2, 0.25) is 0 Å². The summed E-state index contributed by atoms with van der Waals surface area (Å²) in [5, 5.41) is 5.22. The SMILES string of the molecule is CCC(=O)NCCOCNC(=O)CC. The van der Waals surface area contributed by atoms with E-state index in [9.17, 15) is 9.59 Å². The van der Waals surface area contributed by atoms with E-state index in [0.29, 0.717) is 26.0 Å². The van der Waals surface area contributed by atoms with Crippen LogP contribution in [-0.2, 0) is 14.3 Å². The van der Waals surface area contributed by atoms with Crippen molar-refractivity contribution in [2.24, 2.45) is 0 Å². The molecule has 0 saturated heterocycles. The lowest BCUT2D eigenvalue weighted by atomic mass is 10.4. The summed E-state index contributed by atoms with van der Waals surface area (Å²) in [7, 11) is 0. The lowest BCUT2D eigenvalue weighted by Gasteiger charge is -2.06. The van der Waals surface area contributed by atoms with E-state index in [0.717, 1.165) is 0 Å². The first-order valence-electron chi connectivity index (χ1n) is 4.81. The number of hydrogen-bond donors (Lipinski definition) is 2. The van der Waals surface area contributed by atoms with Gasteiger partial charge in [0.05, 0.1) is 6.61 Å². The molecule has 0 unspecified atom stereocenters. The molecule has 5 heteroatoms. The molecule has 0 saturated carbocycles. The van der Waals surface area contributed by atoms with Crippen LogP contribution >= 0.6 is 0 Å². The quantitative estimate of drug-likeness (QED) is 0.451. The summed E-state index contributed by atoms with van der Waals surface area (Å²) in [6.07, 6.45) is 0.933. The van der Waals surface area contributed by atoms with Crippen LogP contribution in [-0.4, -0.2) is 31.7 Å². The first-order chi connectivity index (χ1) is 6.70. The Bertz CT molecular complexity index is 163. The number of carbonyl (C=O) groups is 2. The molecule has 0 heterocycles. The van der Waals surface area contributed by atoms with E-state index >= 15 is 0 Å². The number of hydrogen-bond acceptors (Lipinski definition) is 3. The van der Waals surface area contributed by atoms with Crippen molar-refractivity contribution in [3.8, 4) is 0 Å². The zero-order valence-electron chi connectivity index (χ0n) is 8.76. The molecule has 0 aromatic carbocycles. The third-order valence-electron chi connectivity index (χ3n) is 1.58. The Labute approximate surface area is 84.2 Å². The van der Waals surface area contributed by atoms with Crippen molar-refractivity contribution >= 4 is 11.8 Å². The minimum Gasteiger partial charge on any atom is -0.359 e. The second kappa shape index (κ2) is 8.50. The number of amides is 2. The highest BCUT2D eigenvalue weighted by Crippen LogP contribution is 1.77. The highest BCUT2D eigenvalue weighted by atomic mass is 16.5. The summed E-state index contributed by atoms with van der Waals surface area (Å²) in [4.78, 5) is 21.5. The van der Waals surface area contributed by atoms with Crippen LogP contribution in [0.15, 0.2) is 0 Å². The molecule has 14 heavy (non-hydrogen) atoms. The van der Waals surface area contributed by atoms with Gasteiger partial charge < -0.3 is 15.4 Å². The molecule has 0 fully saturated rings. The van der Waals surface area contributed by atoms with Gasteiger partial charge in [-0.05, 0) is 0 Å². The summed E-state index contributed by atoms with van der Waals surface area (Å²) in [5.41, 5.74) is 0. The van der Waals surface area contributed by atoms with Crippen LogP contribution in [0, 0.1) is 0 Å². The Kier molecular flexibility index (Phi) is 7.83. The minimum absolute atomic E-state index is 0.00573. The van der Waals surface area contributed by atoms with E-state index in [1.165, 1.54) is 0 Å². The molecule has 82 valence electrons. The molecule has 0 spiro atoms. The molecule has 0 aliphatic rings. The van der Waals surface area contributed by atoms with Crippen LogP contribution in [0.4, 0.5) is 0 Å². The highest BCUT2D eigenvalue weighted by molar-refractivity contribution is 5.75. The number of rotatable bonds is 7. The Morgan fingerprint density at radius 1 is 1.07 bits per heavy atom. The Morgan fingerprint density at radius 3 is 2.21 bits per heavy atom.